The van der Waals surface area contributed by atoms with Gasteiger partial charge in [-0.1, -0.05) is 36.4 Å². The summed E-state index contributed by atoms with van der Waals surface area (Å²) in [6, 6.07) is 18.7. The Morgan fingerprint density at radius 1 is 1.00 bits per heavy atom. The number of hydrogen-bond donors (Lipinski definition) is 1. The Bertz CT molecular complexity index is 1270. The minimum absolute atomic E-state index is 0.0725. The van der Waals surface area contributed by atoms with Gasteiger partial charge in [-0.15, -0.1) is 0 Å². The largest absolute Gasteiger partial charge is 0.497 e. The van der Waals surface area contributed by atoms with Crippen LogP contribution < -0.4 is 15.6 Å². The van der Waals surface area contributed by atoms with Gasteiger partial charge in [-0.05, 0) is 41.8 Å². The zero-order valence-corrected chi connectivity index (χ0v) is 17.8. The molecular weight excluding hydrogens is 404 g/mol. The molecule has 0 aliphatic carbocycles. The SMILES string of the molecule is COc1ccc(CCC(=O)NCc2nn(Cc3cccnc3)c(=O)c3ccccc23)cc1. The van der Waals surface area contributed by atoms with Gasteiger partial charge in [-0.3, -0.25) is 14.6 Å². The van der Waals surface area contributed by atoms with Gasteiger partial charge >= 0.3 is 0 Å². The molecule has 0 atom stereocenters. The molecule has 0 bridgehead atoms. The van der Waals surface area contributed by atoms with Crippen LogP contribution in [0.25, 0.3) is 10.8 Å². The molecule has 7 heteroatoms. The van der Waals surface area contributed by atoms with Crippen molar-refractivity contribution in [2.24, 2.45) is 0 Å². The van der Waals surface area contributed by atoms with E-state index in [1.165, 1.54) is 4.68 Å². The third-order valence-corrected chi connectivity index (χ3v) is 5.25. The van der Waals surface area contributed by atoms with Crippen molar-refractivity contribution >= 4 is 16.7 Å². The Hall–Kier alpha value is -4.00. The minimum atomic E-state index is -0.168. The summed E-state index contributed by atoms with van der Waals surface area (Å²) in [4.78, 5) is 29.5. The minimum Gasteiger partial charge on any atom is -0.497 e. The number of pyridine rings is 1. The molecule has 2 aromatic heterocycles. The normalized spacial score (nSPS) is 10.8. The van der Waals surface area contributed by atoms with Gasteiger partial charge in [0, 0.05) is 24.2 Å². The summed E-state index contributed by atoms with van der Waals surface area (Å²) in [6.45, 7) is 0.561. The molecule has 2 aromatic carbocycles. The maximum absolute atomic E-state index is 12.9. The Morgan fingerprint density at radius 3 is 2.50 bits per heavy atom. The maximum atomic E-state index is 12.9. The van der Waals surface area contributed by atoms with Crippen LogP contribution in [0.4, 0.5) is 0 Å². The number of benzene rings is 2. The molecule has 0 unspecified atom stereocenters. The van der Waals surface area contributed by atoms with Crippen LogP contribution in [0.3, 0.4) is 0 Å². The van der Waals surface area contributed by atoms with Gasteiger partial charge in [0.1, 0.15) is 5.75 Å². The Morgan fingerprint density at radius 2 is 1.78 bits per heavy atom. The van der Waals surface area contributed by atoms with E-state index in [-0.39, 0.29) is 18.0 Å². The summed E-state index contributed by atoms with van der Waals surface area (Å²) in [5, 5.41) is 8.82. The molecule has 0 fully saturated rings. The number of carbonyl (C=O) groups excluding carboxylic acids is 1. The van der Waals surface area contributed by atoms with Gasteiger partial charge in [-0.2, -0.15) is 5.10 Å². The van der Waals surface area contributed by atoms with Crippen molar-refractivity contribution in [1.29, 1.82) is 0 Å². The number of fused-ring (bicyclic) bond motifs is 1. The Balaban J connectivity index is 1.48. The summed E-state index contributed by atoms with van der Waals surface area (Å²) in [5.41, 5.74) is 2.43. The molecule has 0 spiro atoms. The lowest BCUT2D eigenvalue weighted by atomic mass is 10.1. The average Bonchev–Trinajstić information content (AvgIpc) is 2.84. The number of methoxy groups -OCH3 is 1. The molecular formula is C25H24N4O3. The number of rotatable bonds is 8. The first-order valence-corrected chi connectivity index (χ1v) is 10.4. The van der Waals surface area contributed by atoms with Crippen LogP contribution in [-0.2, 0) is 24.3 Å². The van der Waals surface area contributed by atoms with Crippen LogP contribution in [0.5, 0.6) is 5.75 Å². The van der Waals surface area contributed by atoms with E-state index < -0.39 is 0 Å². The highest BCUT2D eigenvalue weighted by Crippen LogP contribution is 2.15. The lowest BCUT2D eigenvalue weighted by Crippen LogP contribution is -2.29. The van der Waals surface area contributed by atoms with E-state index in [9.17, 15) is 9.59 Å². The molecule has 0 aliphatic rings. The number of aryl methyl sites for hydroxylation is 1. The predicted octanol–water partition coefficient (Wildman–Crippen LogP) is 3.10. The standard InChI is InChI=1S/C25H24N4O3/c1-32-20-11-8-18(9-12-20)10-13-24(30)27-16-23-21-6-2-3-7-22(21)25(31)29(28-23)17-19-5-4-14-26-15-19/h2-9,11-12,14-15H,10,13,16-17H2,1H3,(H,27,30). The van der Waals surface area contributed by atoms with Crippen LogP contribution in [0.1, 0.15) is 23.2 Å². The molecule has 0 aliphatic heterocycles. The summed E-state index contributed by atoms with van der Waals surface area (Å²) in [7, 11) is 1.63. The Kier molecular flexibility index (Phi) is 6.55. The van der Waals surface area contributed by atoms with Crippen LogP contribution in [0, 0.1) is 0 Å². The molecule has 0 saturated heterocycles. The van der Waals surface area contributed by atoms with Gasteiger partial charge < -0.3 is 10.1 Å². The number of nitrogens with one attached hydrogen (secondary N) is 1. The molecule has 1 N–H and O–H groups in total. The highest BCUT2D eigenvalue weighted by molar-refractivity contribution is 5.84. The molecule has 7 nitrogen and oxygen atoms in total. The van der Waals surface area contributed by atoms with Crippen molar-refractivity contribution < 1.29 is 9.53 Å². The molecule has 32 heavy (non-hydrogen) atoms. The molecule has 1 amide bonds. The third kappa shape index (κ3) is 5.00. The van der Waals surface area contributed by atoms with E-state index in [1.807, 2.05) is 54.6 Å². The highest BCUT2D eigenvalue weighted by atomic mass is 16.5. The van der Waals surface area contributed by atoms with Gasteiger partial charge in [0.25, 0.3) is 5.56 Å². The van der Waals surface area contributed by atoms with E-state index in [0.717, 1.165) is 22.3 Å². The van der Waals surface area contributed by atoms with Crippen LogP contribution >= 0.6 is 0 Å². The number of ether oxygens (including phenoxy) is 1. The van der Waals surface area contributed by atoms with Crippen LogP contribution in [-0.4, -0.2) is 27.8 Å². The zero-order valence-electron chi connectivity index (χ0n) is 17.8. The zero-order chi connectivity index (χ0) is 22.3. The van der Waals surface area contributed by atoms with E-state index >= 15 is 0 Å². The van der Waals surface area contributed by atoms with Gasteiger partial charge in [0.2, 0.25) is 5.91 Å². The average molecular weight is 428 g/mol. The number of amides is 1. The smallest absolute Gasteiger partial charge is 0.274 e. The molecule has 2 heterocycles. The lowest BCUT2D eigenvalue weighted by Gasteiger charge is -2.12. The van der Waals surface area contributed by atoms with Crippen molar-refractivity contribution in [2.45, 2.75) is 25.9 Å². The first kappa shape index (κ1) is 21.2. The summed E-state index contributed by atoms with van der Waals surface area (Å²) in [6.07, 6.45) is 4.39. The van der Waals surface area contributed by atoms with E-state index in [4.69, 9.17) is 4.74 Å². The van der Waals surface area contributed by atoms with Crippen LogP contribution in [0.2, 0.25) is 0 Å². The van der Waals surface area contributed by atoms with Crippen molar-refractivity contribution in [1.82, 2.24) is 20.1 Å². The Labute approximate surface area is 185 Å². The van der Waals surface area contributed by atoms with Gasteiger partial charge in [-0.25, -0.2) is 4.68 Å². The second-order valence-electron chi connectivity index (χ2n) is 7.44. The fourth-order valence-electron chi connectivity index (χ4n) is 3.53. The number of aromatic nitrogens is 3. The van der Waals surface area contributed by atoms with E-state index in [1.54, 1.807) is 25.6 Å². The first-order valence-electron chi connectivity index (χ1n) is 10.4. The highest BCUT2D eigenvalue weighted by Gasteiger charge is 2.12. The molecule has 0 saturated carbocycles. The van der Waals surface area contributed by atoms with Crippen molar-refractivity contribution in [2.75, 3.05) is 7.11 Å². The fraction of sp³-hybridized carbons (Fsp3) is 0.200. The monoisotopic (exact) mass is 428 g/mol. The van der Waals surface area contributed by atoms with Gasteiger partial charge in [0.05, 0.1) is 31.3 Å². The lowest BCUT2D eigenvalue weighted by molar-refractivity contribution is -0.121. The number of carbonyl (C=O) groups is 1. The molecule has 4 rings (SSSR count). The van der Waals surface area contributed by atoms with Crippen molar-refractivity contribution in [3.8, 4) is 5.75 Å². The summed E-state index contributed by atoms with van der Waals surface area (Å²) >= 11 is 0. The van der Waals surface area contributed by atoms with Crippen molar-refractivity contribution in [3.63, 3.8) is 0 Å². The van der Waals surface area contributed by atoms with E-state index in [2.05, 4.69) is 15.4 Å². The quantitative estimate of drug-likeness (QED) is 0.466. The molecule has 4 aromatic rings. The maximum Gasteiger partial charge on any atom is 0.274 e. The summed E-state index contributed by atoms with van der Waals surface area (Å²) in [5.74, 6) is 0.717. The second-order valence-corrected chi connectivity index (χ2v) is 7.44. The number of nitrogens with zero attached hydrogens (tertiary/aromatic N) is 3. The second kappa shape index (κ2) is 9.87. The number of hydrogen-bond acceptors (Lipinski definition) is 5. The fourth-order valence-corrected chi connectivity index (χ4v) is 3.53. The van der Waals surface area contributed by atoms with Crippen LogP contribution in [0.15, 0.2) is 77.9 Å². The third-order valence-electron chi connectivity index (χ3n) is 5.25. The van der Waals surface area contributed by atoms with E-state index in [0.29, 0.717) is 30.5 Å². The first-order chi connectivity index (χ1) is 15.6. The predicted molar refractivity (Wildman–Crippen MR) is 123 cm³/mol. The van der Waals surface area contributed by atoms with Crippen molar-refractivity contribution in [3.05, 3.63) is 100 Å². The molecule has 0 radical (unpaired) electrons. The molecule has 162 valence electrons. The van der Waals surface area contributed by atoms with Gasteiger partial charge in [0.15, 0.2) is 0 Å². The topological polar surface area (TPSA) is 86.1 Å². The summed E-state index contributed by atoms with van der Waals surface area (Å²) < 4.78 is 6.59.